The van der Waals surface area contributed by atoms with E-state index < -0.39 is 6.10 Å². The molecule has 0 saturated heterocycles. The predicted octanol–water partition coefficient (Wildman–Crippen LogP) is 1.37. The SMILES string of the molecule is CCC(=O)N1CCc2cc(C(O)C(C)N)ccc21. The lowest BCUT2D eigenvalue weighted by molar-refractivity contribution is -0.118. The topological polar surface area (TPSA) is 66.6 Å². The Bertz CT molecular complexity index is 457. The van der Waals surface area contributed by atoms with Gasteiger partial charge in [-0.3, -0.25) is 4.79 Å². The number of carbonyl (C=O) groups excluding carboxylic acids is 1. The van der Waals surface area contributed by atoms with Gasteiger partial charge in [0, 0.05) is 24.7 Å². The number of hydrogen-bond donors (Lipinski definition) is 2. The minimum atomic E-state index is -0.647. The van der Waals surface area contributed by atoms with Crippen molar-refractivity contribution >= 4 is 11.6 Å². The number of fused-ring (bicyclic) bond motifs is 1. The predicted molar refractivity (Wildman–Crippen MR) is 71.4 cm³/mol. The van der Waals surface area contributed by atoms with E-state index >= 15 is 0 Å². The highest BCUT2D eigenvalue weighted by atomic mass is 16.3. The Morgan fingerprint density at radius 2 is 2.28 bits per heavy atom. The van der Waals surface area contributed by atoms with E-state index in [0.29, 0.717) is 6.42 Å². The van der Waals surface area contributed by atoms with E-state index in [9.17, 15) is 9.90 Å². The molecular weight excluding hydrogens is 228 g/mol. The van der Waals surface area contributed by atoms with Crippen LogP contribution >= 0.6 is 0 Å². The number of amides is 1. The lowest BCUT2D eigenvalue weighted by atomic mass is 10.0. The van der Waals surface area contributed by atoms with Crippen molar-refractivity contribution in [3.63, 3.8) is 0 Å². The van der Waals surface area contributed by atoms with Gasteiger partial charge in [0.25, 0.3) is 0 Å². The summed E-state index contributed by atoms with van der Waals surface area (Å²) in [7, 11) is 0. The average molecular weight is 248 g/mol. The van der Waals surface area contributed by atoms with Crippen LogP contribution in [0, 0.1) is 0 Å². The van der Waals surface area contributed by atoms with E-state index in [1.165, 1.54) is 0 Å². The van der Waals surface area contributed by atoms with Gasteiger partial charge in [-0.1, -0.05) is 19.1 Å². The van der Waals surface area contributed by atoms with Crippen LogP contribution in [0.3, 0.4) is 0 Å². The number of rotatable bonds is 3. The number of aliphatic hydroxyl groups excluding tert-OH is 1. The van der Waals surface area contributed by atoms with Gasteiger partial charge in [-0.05, 0) is 30.5 Å². The molecule has 1 aliphatic heterocycles. The number of carbonyl (C=O) groups is 1. The van der Waals surface area contributed by atoms with E-state index in [4.69, 9.17) is 5.73 Å². The molecule has 2 rings (SSSR count). The van der Waals surface area contributed by atoms with Crippen molar-refractivity contribution in [1.82, 2.24) is 0 Å². The van der Waals surface area contributed by atoms with Crippen LogP contribution < -0.4 is 10.6 Å². The molecule has 1 amide bonds. The average Bonchev–Trinajstić information content (AvgIpc) is 2.79. The molecule has 2 unspecified atom stereocenters. The molecule has 4 heteroatoms. The van der Waals surface area contributed by atoms with Gasteiger partial charge < -0.3 is 15.7 Å². The zero-order valence-electron chi connectivity index (χ0n) is 10.9. The molecule has 0 radical (unpaired) electrons. The molecule has 0 saturated carbocycles. The number of nitrogens with zero attached hydrogens (tertiary/aromatic N) is 1. The van der Waals surface area contributed by atoms with Crippen molar-refractivity contribution in [3.8, 4) is 0 Å². The first-order chi connectivity index (χ1) is 8.54. The van der Waals surface area contributed by atoms with Crippen LogP contribution in [-0.4, -0.2) is 23.6 Å². The largest absolute Gasteiger partial charge is 0.387 e. The second kappa shape index (κ2) is 5.08. The van der Waals surface area contributed by atoms with Gasteiger partial charge in [-0.15, -0.1) is 0 Å². The van der Waals surface area contributed by atoms with Crippen molar-refractivity contribution in [2.24, 2.45) is 5.73 Å². The van der Waals surface area contributed by atoms with Crippen LogP contribution in [-0.2, 0) is 11.2 Å². The molecule has 4 nitrogen and oxygen atoms in total. The summed E-state index contributed by atoms with van der Waals surface area (Å²) < 4.78 is 0. The Hall–Kier alpha value is -1.39. The van der Waals surface area contributed by atoms with Crippen LogP contribution in [0.15, 0.2) is 18.2 Å². The summed E-state index contributed by atoms with van der Waals surface area (Å²) in [5.41, 5.74) is 8.62. The van der Waals surface area contributed by atoms with Gasteiger partial charge in [-0.2, -0.15) is 0 Å². The second-order valence-corrected chi connectivity index (χ2v) is 4.84. The summed E-state index contributed by atoms with van der Waals surface area (Å²) in [6, 6.07) is 5.44. The van der Waals surface area contributed by atoms with Gasteiger partial charge in [0.2, 0.25) is 5.91 Å². The molecule has 3 N–H and O–H groups in total. The van der Waals surface area contributed by atoms with Crippen molar-refractivity contribution < 1.29 is 9.90 Å². The monoisotopic (exact) mass is 248 g/mol. The number of nitrogens with two attached hydrogens (primary N) is 1. The molecule has 1 aliphatic rings. The summed E-state index contributed by atoms with van der Waals surface area (Å²) in [5.74, 6) is 0.147. The molecule has 1 heterocycles. The van der Waals surface area contributed by atoms with E-state index in [0.717, 1.165) is 29.8 Å². The molecule has 1 aromatic rings. The third-order valence-electron chi connectivity index (χ3n) is 3.44. The molecule has 0 fully saturated rings. The molecule has 98 valence electrons. The number of anilines is 1. The van der Waals surface area contributed by atoms with Crippen molar-refractivity contribution in [2.45, 2.75) is 38.8 Å². The summed E-state index contributed by atoms with van der Waals surface area (Å²) >= 11 is 0. The first-order valence-electron chi connectivity index (χ1n) is 6.41. The second-order valence-electron chi connectivity index (χ2n) is 4.84. The van der Waals surface area contributed by atoms with Crippen LogP contribution in [0.25, 0.3) is 0 Å². The fourth-order valence-electron chi connectivity index (χ4n) is 2.36. The van der Waals surface area contributed by atoms with E-state index in [1.54, 1.807) is 6.92 Å². The van der Waals surface area contributed by atoms with Crippen molar-refractivity contribution in [3.05, 3.63) is 29.3 Å². The summed E-state index contributed by atoms with van der Waals surface area (Å²) in [5, 5.41) is 9.94. The summed E-state index contributed by atoms with van der Waals surface area (Å²) in [4.78, 5) is 13.6. The number of hydrogen-bond acceptors (Lipinski definition) is 3. The first kappa shape index (κ1) is 13.1. The van der Waals surface area contributed by atoms with E-state index in [1.807, 2.05) is 30.0 Å². The third-order valence-corrected chi connectivity index (χ3v) is 3.44. The lowest BCUT2D eigenvalue weighted by Crippen LogP contribution is -2.27. The van der Waals surface area contributed by atoms with Gasteiger partial charge in [-0.25, -0.2) is 0 Å². The van der Waals surface area contributed by atoms with Crippen molar-refractivity contribution in [1.29, 1.82) is 0 Å². The lowest BCUT2D eigenvalue weighted by Gasteiger charge is -2.18. The Balaban J connectivity index is 2.28. The Labute approximate surface area is 107 Å². The van der Waals surface area contributed by atoms with Gasteiger partial charge in [0.15, 0.2) is 0 Å². The summed E-state index contributed by atoms with van der Waals surface area (Å²) in [6.07, 6.45) is 0.718. The molecule has 1 aromatic carbocycles. The van der Waals surface area contributed by atoms with Crippen LogP contribution in [0.5, 0.6) is 0 Å². The highest BCUT2D eigenvalue weighted by molar-refractivity contribution is 5.95. The van der Waals surface area contributed by atoms with Crippen LogP contribution in [0.1, 0.15) is 37.5 Å². The molecule has 0 bridgehead atoms. The maximum absolute atomic E-state index is 11.8. The van der Waals surface area contributed by atoms with Crippen LogP contribution in [0.2, 0.25) is 0 Å². The minimum Gasteiger partial charge on any atom is -0.387 e. The quantitative estimate of drug-likeness (QED) is 0.849. The number of aliphatic hydroxyl groups is 1. The van der Waals surface area contributed by atoms with E-state index in [2.05, 4.69) is 0 Å². The summed E-state index contributed by atoms with van der Waals surface area (Å²) in [6.45, 7) is 4.39. The van der Waals surface area contributed by atoms with Crippen molar-refractivity contribution in [2.75, 3.05) is 11.4 Å². The maximum Gasteiger partial charge on any atom is 0.226 e. The normalized spacial score (nSPS) is 17.4. The fraction of sp³-hybridized carbons (Fsp3) is 0.500. The highest BCUT2D eigenvalue weighted by Crippen LogP contribution is 2.31. The Morgan fingerprint density at radius 3 is 2.89 bits per heavy atom. The van der Waals surface area contributed by atoms with Gasteiger partial charge >= 0.3 is 0 Å². The maximum atomic E-state index is 11.8. The standard InChI is InChI=1S/C14H20N2O2/c1-3-13(17)16-7-6-10-8-11(4-5-12(10)16)14(18)9(2)15/h4-5,8-9,14,18H,3,6-7,15H2,1-2H3. The fourth-order valence-corrected chi connectivity index (χ4v) is 2.36. The molecule has 0 aliphatic carbocycles. The minimum absolute atomic E-state index is 0.147. The van der Waals surface area contributed by atoms with Gasteiger partial charge in [0.05, 0.1) is 6.10 Å². The molecule has 0 spiro atoms. The smallest absolute Gasteiger partial charge is 0.226 e. The zero-order valence-corrected chi connectivity index (χ0v) is 10.9. The molecule has 0 aromatic heterocycles. The van der Waals surface area contributed by atoms with Crippen LogP contribution in [0.4, 0.5) is 5.69 Å². The molecular formula is C14H20N2O2. The Morgan fingerprint density at radius 1 is 1.56 bits per heavy atom. The molecule has 18 heavy (non-hydrogen) atoms. The zero-order chi connectivity index (χ0) is 13.3. The third kappa shape index (κ3) is 2.26. The van der Waals surface area contributed by atoms with E-state index in [-0.39, 0.29) is 11.9 Å². The highest BCUT2D eigenvalue weighted by Gasteiger charge is 2.24. The van der Waals surface area contributed by atoms with Gasteiger partial charge in [0.1, 0.15) is 0 Å². The Kier molecular flexibility index (Phi) is 3.68. The molecule has 2 atom stereocenters. The number of benzene rings is 1. The first-order valence-corrected chi connectivity index (χ1v) is 6.41.